The number of Topliss-reactive ketones (excluding diaryl/α,β-unsaturated/α-hetero) is 3. The van der Waals surface area contributed by atoms with Crippen molar-refractivity contribution in [3.63, 3.8) is 0 Å². The van der Waals surface area contributed by atoms with Crippen LogP contribution in [0.25, 0.3) is 0 Å². The number of allylic oxidation sites excluding steroid dienone is 2. The van der Waals surface area contributed by atoms with Crippen LogP contribution in [-0.4, -0.2) is 184 Å². The number of esters is 1. The van der Waals surface area contributed by atoms with Crippen LogP contribution in [0.4, 0.5) is 0 Å². The fourth-order valence-corrected chi connectivity index (χ4v) is 11.4. The number of ether oxygens (including phenoxy) is 1. The van der Waals surface area contributed by atoms with Gasteiger partial charge in [-0.15, -0.1) is 61.2 Å². The van der Waals surface area contributed by atoms with Gasteiger partial charge in [0.1, 0.15) is 5.57 Å². The van der Waals surface area contributed by atoms with Gasteiger partial charge in [0.2, 0.25) is 0 Å². The van der Waals surface area contributed by atoms with Crippen molar-refractivity contribution in [1.82, 2.24) is 45.1 Å². The number of fused-ring (bicyclic) bond motifs is 5. The van der Waals surface area contributed by atoms with E-state index in [1.807, 2.05) is 81.2 Å². The normalized spacial score (nSPS) is 13.9. The van der Waals surface area contributed by atoms with Gasteiger partial charge in [-0.25, -0.2) is 4.79 Å². The average molecular weight is 2170 g/mol. The Morgan fingerprint density at radius 1 is 0.636 bits per heavy atom. The van der Waals surface area contributed by atoms with Crippen LogP contribution in [0.3, 0.4) is 0 Å². The minimum absolute atomic E-state index is 0. The molecule has 6 atom stereocenters. The Morgan fingerprint density at radius 3 is 1.47 bits per heavy atom. The number of aromatic nitrogens is 7. The number of nitrogens with two attached hydrogens (primary N) is 1. The van der Waals surface area contributed by atoms with Gasteiger partial charge in [-0.3, -0.25) is 23.6 Å². The summed E-state index contributed by atoms with van der Waals surface area (Å²) in [6.45, 7) is 30.2. The number of aliphatic imine (C=N–C) groups is 1. The van der Waals surface area contributed by atoms with Crippen molar-refractivity contribution in [2.24, 2.45) is 15.0 Å². The van der Waals surface area contributed by atoms with E-state index in [2.05, 4.69) is 160 Å². The number of hydrogen-bond donors (Lipinski definition) is 5. The van der Waals surface area contributed by atoms with Crippen LogP contribution in [0.5, 0.6) is 0 Å². The zero-order valence-electron chi connectivity index (χ0n) is 73.2. The number of nitrogens with one attached hydrogen (secondary N) is 1. The minimum atomic E-state index is -3.39. The summed E-state index contributed by atoms with van der Waals surface area (Å²) in [6, 6.07) is 14.4. The van der Waals surface area contributed by atoms with Crippen LogP contribution >= 0.6 is 12.8 Å². The molecule has 4 aliphatic rings. The second kappa shape index (κ2) is 88.7. The van der Waals surface area contributed by atoms with Crippen LogP contribution in [-0.2, 0) is 103 Å². The zero-order valence-corrected chi connectivity index (χ0v) is 109. The molecule has 1 radical (unpaired) electrons. The smallest absolute Gasteiger partial charge is 0.870 e. The summed E-state index contributed by atoms with van der Waals surface area (Å²) in [5, 5.41) is 20.1. The Balaban J connectivity index is -0.0000000959. The number of aliphatic hydroxyl groups excluding tert-OH is 2. The van der Waals surface area contributed by atoms with Gasteiger partial charge in [0, 0.05) is 56.2 Å². The molecule has 11 rings (SSSR count). The second-order valence-corrected chi connectivity index (χ2v) is 26.2. The van der Waals surface area contributed by atoms with Crippen LogP contribution in [0, 0.1) is 57.2 Å². The SMILES string of the molecule is CC1Cc2c[c-]ncc2C=N1.CC1Cc2c[c-]ncc2CN1.CC=C(C(C)=O)C(C)=O.CCO.CCOC(=O)C1=CN2C(C)Cc3c[c-]ncc3C2CC1=O.CCc1cn[c-]cc1C.CCc1cn[c-]cc1CC(C)O.CCc1cn[c-]cc1CC(C)OS(C)(=O)=O.Cc1c[c-]ncc1CN.[B]=NS.[OH-].[OH-].[OH-].[OH-].[OH-].[OH-].[OH-].[Rb+].[Rb+].[Rb+].[Rb+].[Rb+].[Rb+].[Rb+]. The molecule has 0 aromatic carbocycles. The van der Waals surface area contributed by atoms with Crippen LogP contribution in [0.2, 0.25) is 0 Å². The molecule has 0 saturated carbocycles. The number of hydrogen-bond acceptors (Lipinski definition) is 30. The Labute approximate surface area is 1050 Å². The molecule has 0 amide bonds. The van der Waals surface area contributed by atoms with Crippen molar-refractivity contribution < 1.29 is 492 Å². The molecule has 12 N–H and O–H groups in total. The third-order valence-corrected chi connectivity index (χ3v) is 16.6. The predicted molar refractivity (Wildman–Crippen MR) is 423 cm³/mol. The fraction of sp³-hybridized carbons (Fsp3) is 0.443. The van der Waals surface area contributed by atoms with E-state index in [1.165, 1.54) is 58.9 Å². The molecule has 7 aromatic rings. The molecule has 617 valence electrons. The van der Waals surface area contributed by atoms with E-state index in [0.29, 0.717) is 31.5 Å². The van der Waals surface area contributed by atoms with Gasteiger partial charge < -0.3 is 104 Å². The molecule has 11 heterocycles. The first-order valence-corrected chi connectivity index (χ1v) is 36.7. The molecule has 29 nitrogen and oxygen atoms in total. The number of ketones is 3. The van der Waals surface area contributed by atoms with Crippen LogP contribution in [0.15, 0.2) is 119 Å². The Bertz CT molecular complexity index is 3970. The van der Waals surface area contributed by atoms with Crippen molar-refractivity contribution in [2.75, 3.05) is 19.5 Å². The van der Waals surface area contributed by atoms with Crippen molar-refractivity contribution >= 4 is 60.1 Å². The van der Waals surface area contributed by atoms with E-state index in [-0.39, 0.29) is 518 Å². The molecule has 4 aliphatic heterocycles. The molecular formula is C79H110BN12O17Rb7S2-7. The number of thiol groups is 1. The monoisotopic (exact) mass is 2170 g/mol. The van der Waals surface area contributed by atoms with E-state index >= 15 is 0 Å². The Morgan fingerprint density at radius 2 is 1.06 bits per heavy atom. The number of carbonyl (C=O) groups excluding carboxylic acids is 4. The van der Waals surface area contributed by atoms with Crippen LogP contribution < -0.4 is 418 Å². The van der Waals surface area contributed by atoms with Gasteiger partial charge in [-0.05, 0) is 87.7 Å². The Kier molecular flexibility index (Phi) is 113. The van der Waals surface area contributed by atoms with Crippen molar-refractivity contribution in [1.29, 1.82) is 0 Å². The molecule has 0 aliphatic carbocycles. The van der Waals surface area contributed by atoms with Gasteiger partial charge in [0.05, 0.1) is 24.5 Å². The standard InChI is InChI=1S/C16H17N2O3.C11H16NO3S.C10H14NO.C9H11N2.C9H9N2.C8H10N.C7H9N2.C7H10O2.C2H6O.BHNS.7H2O.7Rb/c1-3-21-16(20)13-9-18-10(2)6-11-4-5-17-8-12(11)14(18)7-15(13)19;1-4-10-8-12-6-5-11(10)7-9(2)15-16(3,13)14;1-3-9-7-11-5-4-10(9)6-8(2)12;2*1-7-4-8-2-3-10-5-9(8)6-11-7;1-3-8-6-9-5-4-7(8)2;1-6-2-3-9-5-7(6)4-8;1-4-7(5(2)8)6(3)9;2*1-2-3;;;;;;;;;;;;;;/h4,8-10,14H,3,6-7H2,1-2H3;5,8-9H,4,7H2,1-3H3;4,7-8,12H,3,6H2,1-2H3;2,5,7,11H,4,6H2,1H3;2,5-7H,4H2,1H3;4,6H,3H2,1-2H3;2,5H,4,8H2,1H3;4H,1-3H3;3H,2H2,1H3;3H;7*1H2;;;;;;;/q7*-1;;;;;;;;;;;7*+1/p-7. The zero-order chi connectivity index (χ0) is 77.7. The summed E-state index contributed by atoms with van der Waals surface area (Å²) in [7, 11) is 0.948. The maximum absolute atomic E-state index is 12.3. The average Bonchev–Trinajstić information content (AvgIpc) is 0.763. The molecule has 6 unspecified atom stereocenters. The molecule has 0 bridgehead atoms. The number of aryl methyl sites for hydroxylation is 5. The number of carbonyl (C=O) groups is 4. The third-order valence-electron chi connectivity index (χ3n) is 15.9. The largest absolute Gasteiger partial charge is 1.00 e. The van der Waals surface area contributed by atoms with E-state index in [4.69, 9.17) is 19.8 Å². The summed E-state index contributed by atoms with van der Waals surface area (Å²) in [5.74, 6) is -1.02. The molecule has 0 fully saturated rings. The topological polar surface area (TPSA) is 528 Å². The quantitative estimate of drug-likeness (QED) is 0.00986. The predicted octanol–water partition coefficient (Wildman–Crippen LogP) is -12.0. The molecule has 7 aromatic heterocycles. The fourth-order valence-electron chi connectivity index (χ4n) is 10.7. The molecule has 118 heavy (non-hydrogen) atoms. The minimum Gasteiger partial charge on any atom is -0.870 e. The third kappa shape index (κ3) is 62.3. The van der Waals surface area contributed by atoms with Gasteiger partial charge in [0.25, 0.3) is 10.1 Å². The van der Waals surface area contributed by atoms with E-state index in [0.717, 1.165) is 90.3 Å². The first-order chi connectivity index (χ1) is 49.6. The maximum Gasteiger partial charge on any atom is 1.00 e. The maximum atomic E-state index is 12.3. The number of pyridine rings is 7. The summed E-state index contributed by atoms with van der Waals surface area (Å²) >= 11 is 3.19. The first kappa shape index (κ1) is 150. The Hall–Kier alpha value is 3.80. The van der Waals surface area contributed by atoms with Crippen molar-refractivity contribution in [2.45, 2.75) is 211 Å². The molecular weight excluding hydrogens is 2060 g/mol. The summed E-state index contributed by atoms with van der Waals surface area (Å²) in [4.78, 5) is 79.0. The van der Waals surface area contributed by atoms with Crippen LogP contribution in [0.1, 0.15) is 180 Å². The molecule has 0 spiro atoms. The summed E-state index contributed by atoms with van der Waals surface area (Å²) in [6.07, 6.45) is 45.1. The van der Waals surface area contributed by atoms with Crippen molar-refractivity contribution in [3.8, 4) is 0 Å². The van der Waals surface area contributed by atoms with Gasteiger partial charge in [0.15, 0.2) is 17.3 Å². The van der Waals surface area contributed by atoms with E-state index < -0.39 is 16.1 Å². The van der Waals surface area contributed by atoms with Gasteiger partial charge in [-0.1, -0.05) is 178 Å². The molecule has 0 saturated heterocycles. The van der Waals surface area contributed by atoms with E-state index in [9.17, 15) is 32.7 Å². The van der Waals surface area contributed by atoms with Gasteiger partial charge >= 0.3 is 438 Å². The number of aliphatic hydroxyl groups is 2. The first-order valence-electron chi connectivity index (χ1n) is 34.5. The van der Waals surface area contributed by atoms with Crippen molar-refractivity contribution in [3.05, 3.63) is 231 Å². The number of rotatable bonds is 14. The van der Waals surface area contributed by atoms with Gasteiger partial charge in [-0.2, -0.15) is 62.0 Å². The summed E-state index contributed by atoms with van der Waals surface area (Å²) < 4.78 is 34.4. The molecule has 39 heteroatoms. The second-order valence-electron chi connectivity index (χ2n) is 24.4. The summed E-state index contributed by atoms with van der Waals surface area (Å²) in [5.41, 5.74) is 22.6. The number of nitrogens with zero attached hydrogens (tertiary/aromatic N) is 10. The van der Waals surface area contributed by atoms with E-state index in [1.54, 1.807) is 65.5 Å².